The van der Waals surface area contributed by atoms with Crippen LogP contribution in [-0.4, -0.2) is 26.4 Å². The molecule has 0 saturated carbocycles. The topological polar surface area (TPSA) is 38.0 Å². The monoisotopic (exact) mass is 292 g/mol. The van der Waals surface area contributed by atoms with Crippen LogP contribution in [0.3, 0.4) is 0 Å². The second-order valence-electron chi connectivity index (χ2n) is 3.28. The molecule has 5 heteroatoms. The van der Waals surface area contributed by atoms with Crippen molar-refractivity contribution in [3.8, 4) is 0 Å². The summed E-state index contributed by atoms with van der Waals surface area (Å²) >= 11 is 5.17. The van der Waals surface area contributed by atoms with Crippen molar-refractivity contribution < 1.29 is 5.11 Å². The van der Waals surface area contributed by atoms with Crippen molar-refractivity contribution in [3.63, 3.8) is 0 Å². The summed E-state index contributed by atoms with van der Waals surface area (Å²) in [7, 11) is 0. The van der Waals surface area contributed by atoms with Gasteiger partial charge in [-0.3, -0.25) is 4.68 Å². The van der Waals surface area contributed by atoms with Gasteiger partial charge >= 0.3 is 0 Å². The fourth-order valence-corrected chi connectivity index (χ4v) is 2.58. The Morgan fingerprint density at radius 1 is 1.60 bits per heavy atom. The molecule has 0 aromatic carbocycles. The molecule has 1 atom stereocenters. The van der Waals surface area contributed by atoms with E-state index < -0.39 is 6.10 Å². The van der Waals surface area contributed by atoms with Gasteiger partial charge in [-0.2, -0.15) is 16.9 Å². The number of nitrogens with zero attached hydrogens (tertiary/aromatic N) is 2. The number of aromatic nitrogens is 2. The van der Waals surface area contributed by atoms with Gasteiger partial charge in [0.15, 0.2) is 0 Å². The summed E-state index contributed by atoms with van der Waals surface area (Å²) in [6.45, 7) is 5.05. The van der Waals surface area contributed by atoms with Gasteiger partial charge in [-0.25, -0.2) is 0 Å². The SMILES string of the molecule is CCCn1ncc(Br)c1C(O)CSCC. The molecule has 0 spiro atoms. The van der Waals surface area contributed by atoms with E-state index in [0.717, 1.165) is 34.6 Å². The average molecular weight is 293 g/mol. The molecule has 1 aromatic rings. The zero-order chi connectivity index (χ0) is 11.3. The van der Waals surface area contributed by atoms with Crippen LogP contribution in [0, 0.1) is 0 Å². The zero-order valence-corrected chi connectivity index (χ0v) is 11.5. The first-order valence-electron chi connectivity index (χ1n) is 5.17. The van der Waals surface area contributed by atoms with E-state index in [1.807, 2.05) is 4.68 Å². The minimum atomic E-state index is -0.432. The van der Waals surface area contributed by atoms with E-state index >= 15 is 0 Å². The van der Waals surface area contributed by atoms with Crippen LogP contribution in [0.2, 0.25) is 0 Å². The number of hydrogen-bond acceptors (Lipinski definition) is 3. The maximum absolute atomic E-state index is 10.0. The summed E-state index contributed by atoms with van der Waals surface area (Å²) < 4.78 is 2.78. The van der Waals surface area contributed by atoms with Crippen molar-refractivity contribution in [1.82, 2.24) is 9.78 Å². The van der Waals surface area contributed by atoms with E-state index in [0.29, 0.717) is 0 Å². The Morgan fingerprint density at radius 2 is 2.33 bits per heavy atom. The van der Waals surface area contributed by atoms with Crippen molar-refractivity contribution in [3.05, 3.63) is 16.4 Å². The molecule has 0 aliphatic rings. The molecule has 0 aliphatic heterocycles. The van der Waals surface area contributed by atoms with Gasteiger partial charge in [-0.15, -0.1) is 0 Å². The lowest BCUT2D eigenvalue weighted by Crippen LogP contribution is -2.11. The summed E-state index contributed by atoms with van der Waals surface area (Å²) in [5.41, 5.74) is 0.901. The van der Waals surface area contributed by atoms with E-state index in [4.69, 9.17) is 0 Å². The van der Waals surface area contributed by atoms with Crippen LogP contribution >= 0.6 is 27.7 Å². The first-order valence-corrected chi connectivity index (χ1v) is 7.12. The predicted molar refractivity (Wildman–Crippen MR) is 68.2 cm³/mol. The van der Waals surface area contributed by atoms with E-state index in [1.54, 1.807) is 18.0 Å². The highest BCUT2D eigenvalue weighted by Crippen LogP contribution is 2.26. The quantitative estimate of drug-likeness (QED) is 0.876. The maximum Gasteiger partial charge on any atom is 0.106 e. The predicted octanol–water partition coefficient (Wildman–Crippen LogP) is 2.84. The smallest absolute Gasteiger partial charge is 0.106 e. The Kier molecular flexibility index (Phi) is 5.71. The molecule has 0 amide bonds. The van der Waals surface area contributed by atoms with Crippen molar-refractivity contribution in [2.45, 2.75) is 32.9 Å². The molecule has 0 aliphatic carbocycles. The second kappa shape index (κ2) is 6.55. The Morgan fingerprint density at radius 3 is 2.93 bits per heavy atom. The van der Waals surface area contributed by atoms with E-state index in [2.05, 4.69) is 34.9 Å². The third kappa shape index (κ3) is 3.50. The highest BCUT2D eigenvalue weighted by atomic mass is 79.9. The minimum Gasteiger partial charge on any atom is -0.386 e. The summed E-state index contributed by atoms with van der Waals surface area (Å²) in [6, 6.07) is 0. The van der Waals surface area contributed by atoms with Crippen molar-refractivity contribution >= 4 is 27.7 Å². The Hall–Kier alpha value is -0.0000000000000000555. The van der Waals surface area contributed by atoms with Crippen LogP contribution in [0.4, 0.5) is 0 Å². The van der Waals surface area contributed by atoms with E-state index in [9.17, 15) is 5.11 Å². The lowest BCUT2D eigenvalue weighted by atomic mass is 10.3. The van der Waals surface area contributed by atoms with Gasteiger partial charge in [-0.05, 0) is 28.1 Å². The summed E-state index contributed by atoms with van der Waals surface area (Å²) in [6.07, 6.45) is 2.35. The molecule has 15 heavy (non-hydrogen) atoms. The molecule has 0 bridgehead atoms. The number of hydrogen-bond donors (Lipinski definition) is 1. The van der Waals surface area contributed by atoms with Crippen LogP contribution < -0.4 is 0 Å². The standard InChI is InChI=1S/C10H17BrN2OS/c1-3-5-13-10(8(11)6-12-13)9(14)7-15-4-2/h6,9,14H,3-5,7H2,1-2H3. The maximum atomic E-state index is 10.0. The fraction of sp³-hybridized carbons (Fsp3) is 0.700. The fourth-order valence-electron chi connectivity index (χ4n) is 1.40. The molecule has 3 nitrogen and oxygen atoms in total. The number of rotatable bonds is 6. The summed E-state index contributed by atoms with van der Waals surface area (Å²) in [5, 5.41) is 14.3. The highest BCUT2D eigenvalue weighted by molar-refractivity contribution is 9.10. The van der Waals surface area contributed by atoms with Crippen molar-refractivity contribution in [1.29, 1.82) is 0 Å². The number of aliphatic hydroxyl groups is 1. The Bertz CT molecular complexity index is 304. The highest BCUT2D eigenvalue weighted by Gasteiger charge is 2.16. The van der Waals surface area contributed by atoms with Crippen LogP contribution in [-0.2, 0) is 6.54 Å². The summed E-state index contributed by atoms with van der Waals surface area (Å²) in [4.78, 5) is 0. The van der Waals surface area contributed by atoms with Gasteiger partial charge < -0.3 is 5.11 Å². The van der Waals surface area contributed by atoms with Gasteiger partial charge in [0.25, 0.3) is 0 Å². The molecule has 1 N–H and O–H groups in total. The molecule has 86 valence electrons. The van der Waals surface area contributed by atoms with Crippen LogP contribution in [0.5, 0.6) is 0 Å². The lowest BCUT2D eigenvalue weighted by Gasteiger charge is -2.13. The van der Waals surface area contributed by atoms with Gasteiger partial charge in [0.1, 0.15) is 6.10 Å². The van der Waals surface area contributed by atoms with Crippen LogP contribution in [0.25, 0.3) is 0 Å². The molecule has 1 heterocycles. The second-order valence-corrected chi connectivity index (χ2v) is 5.45. The van der Waals surface area contributed by atoms with Crippen molar-refractivity contribution in [2.75, 3.05) is 11.5 Å². The van der Waals surface area contributed by atoms with E-state index in [1.165, 1.54) is 0 Å². The molecular formula is C10H17BrN2OS. The molecular weight excluding hydrogens is 276 g/mol. The number of aliphatic hydroxyl groups excluding tert-OH is 1. The Balaban J connectivity index is 2.75. The number of halogens is 1. The van der Waals surface area contributed by atoms with Gasteiger partial charge in [0.05, 0.1) is 16.4 Å². The normalized spacial score (nSPS) is 13.1. The molecule has 0 radical (unpaired) electrons. The molecule has 0 fully saturated rings. The van der Waals surface area contributed by atoms with E-state index in [-0.39, 0.29) is 0 Å². The molecule has 1 unspecified atom stereocenters. The largest absolute Gasteiger partial charge is 0.386 e. The van der Waals surface area contributed by atoms with Gasteiger partial charge in [0, 0.05) is 12.3 Å². The minimum absolute atomic E-state index is 0.432. The first-order chi connectivity index (χ1) is 7.20. The number of aryl methyl sites for hydroxylation is 1. The molecule has 1 aromatic heterocycles. The Labute approximate surface area is 103 Å². The summed E-state index contributed by atoms with van der Waals surface area (Å²) in [5.74, 6) is 1.75. The molecule has 0 saturated heterocycles. The third-order valence-corrected chi connectivity index (χ3v) is 3.63. The first kappa shape index (κ1) is 13.1. The van der Waals surface area contributed by atoms with Crippen molar-refractivity contribution in [2.24, 2.45) is 0 Å². The van der Waals surface area contributed by atoms with Crippen LogP contribution in [0.15, 0.2) is 10.7 Å². The average Bonchev–Trinajstić information content (AvgIpc) is 2.57. The zero-order valence-electron chi connectivity index (χ0n) is 9.11. The van der Waals surface area contributed by atoms with Crippen LogP contribution in [0.1, 0.15) is 32.1 Å². The van der Waals surface area contributed by atoms with Gasteiger partial charge in [0.2, 0.25) is 0 Å². The molecule has 1 rings (SSSR count). The third-order valence-electron chi connectivity index (χ3n) is 2.06. The lowest BCUT2D eigenvalue weighted by molar-refractivity contribution is 0.190. The van der Waals surface area contributed by atoms with Gasteiger partial charge in [-0.1, -0.05) is 13.8 Å². The number of thioether (sulfide) groups is 1.